The van der Waals surface area contributed by atoms with Crippen LogP contribution in [0.3, 0.4) is 0 Å². The first kappa shape index (κ1) is 13.9. The Morgan fingerprint density at radius 2 is 2.26 bits per heavy atom. The monoisotopic (exact) mass is 279 g/mol. The summed E-state index contributed by atoms with van der Waals surface area (Å²) in [6.07, 6.45) is 1.77. The van der Waals surface area contributed by atoms with E-state index in [0.717, 1.165) is 23.4 Å². The van der Waals surface area contributed by atoms with Crippen LogP contribution in [0.5, 0.6) is 0 Å². The van der Waals surface area contributed by atoms with Crippen LogP contribution in [0, 0.1) is 0 Å². The molecular weight excluding hydrogens is 262 g/mol. The first-order chi connectivity index (χ1) is 9.20. The smallest absolute Gasteiger partial charge is 0.251 e. The molecule has 2 amide bonds. The fourth-order valence-corrected chi connectivity index (χ4v) is 2.59. The van der Waals surface area contributed by atoms with Gasteiger partial charge in [-0.15, -0.1) is 11.8 Å². The van der Waals surface area contributed by atoms with Crippen molar-refractivity contribution in [1.29, 1.82) is 0 Å². The zero-order chi connectivity index (χ0) is 13.7. The molecule has 6 heteroatoms. The lowest BCUT2D eigenvalue weighted by Crippen LogP contribution is -2.25. The second kappa shape index (κ2) is 6.58. The largest absolute Gasteiger partial charge is 0.352 e. The number of benzene rings is 1. The average molecular weight is 279 g/mol. The van der Waals surface area contributed by atoms with Gasteiger partial charge in [0.2, 0.25) is 5.91 Å². The van der Waals surface area contributed by atoms with E-state index in [4.69, 9.17) is 5.73 Å². The number of carbonyl (C=O) groups excluding carboxylic acids is 2. The van der Waals surface area contributed by atoms with Crippen molar-refractivity contribution in [2.45, 2.75) is 17.7 Å². The molecule has 102 valence electrons. The van der Waals surface area contributed by atoms with Gasteiger partial charge in [0.15, 0.2) is 0 Å². The molecule has 0 radical (unpaired) electrons. The lowest BCUT2D eigenvalue weighted by molar-refractivity contribution is -0.113. The van der Waals surface area contributed by atoms with Crippen molar-refractivity contribution < 1.29 is 9.59 Å². The molecule has 0 aliphatic carbocycles. The van der Waals surface area contributed by atoms with E-state index < -0.39 is 0 Å². The van der Waals surface area contributed by atoms with Crippen LogP contribution in [0.4, 0.5) is 5.69 Å². The first-order valence-electron chi connectivity index (χ1n) is 6.25. The normalized spacial score (nSPS) is 13.6. The van der Waals surface area contributed by atoms with Gasteiger partial charge < -0.3 is 16.4 Å². The third kappa shape index (κ3) is 3.71. The van der Waals surface area contributed by atoms with Crippen molar-refractivity contribution in [2.75, 3.05) is 24.2 Å². The molecule has 5 nitrogen and oxygen atoms in total. The Hall–Kier alpha value is -1.53. The van der Waals surface area contributed by atoms with Gasteiger partial charge in [-0.1, -0.05) is 0 Å². The second-order valence-corrected chi connectivity index (χ2v) is 5.32. The van der Waals surface area contributed by atoms with E-state index in [1.54, 1.807) is 12.1 Å². The summed E-state index contributed by atoms with van der Waals surface area (Å²) in [7, 11) is 0. The molecule has 0 unspecified atom stereocenters. The van der Waals surface area contributed by atoms with E-state index in [1.807, 2.05) is 6.07 Å². The molecule has 0 spiro atoms. The van der Waals surface area contributed by atoms with Gasteiger partial charge in [0.25, 0.3) is 5.91 Å². The fourth-order valence-electron chi connectivity index (χ4n) is 1.80. The predicted octanol–water partition coefficient (Wildman–Crippen LogP) is 1.20. The summed E-state index contributed by atoms with van der Waals surface area (Å²) < 4.78 is 0. The van der Waals surface area contributed by atoms with E-state index in [-0.39, 0.29) is 11.8 Å². The molecule has 0 saturated heterocycles. The highest BCUT2D eigenvalue weighted by Crippen LogP contribution is 2.31. The number of hydrogen-bond acceptors (Lipinski definition) is 4. The predicted molar refractivity (Wildman–Crippen MR) is 76.4 cm³/mol. The number of fused-ring (bicyclic) bond motifs is 1. The van der Waals surface area contributed by atoms with Crippen molar-refractivity contribution in [1.82, 2.24) is 5.32 Å². The molecule has 1 aromatic rings. The first-order valence-corrected chi connectivity index (χ1v) is 7.24. The third-order valence-corrected chi connectivity index (χ3v) is 3.86. The molecule has 19 heavy (non-hydrogen) atoms. The summed E-state index contributed by atoms with van der Waals surface area (Å²) in [6, 6.07) is 5.37. The maximum absolute atomic E-state index is 11.9. The number of nitrogens with one attached hydrogen (secondary N) is 2. The summed E-state index contributed by atoms with van der Waals surface area (Å²) in [5, 5.41) is 5.61. The standard InChI is InChI=1S/C13H17N3O2S/c14-5-1-2-6-15-13(18)9-3-4-11-10(7-9)16-12(17)8-19-11/h3-4,7H,1-2,5-6,8,14H2,(H,15,18)(H,16,17). The minimum atomic E-state index is -0.121. The zero-order valence-corrected chi connectivity index (χ0v) is 11.4. The number of thioether (sulfide) groups is 1. The van der Waals surface area contributed by atoms with Gasteiger partial charge in [-0.25, -0.2) is 0 Å². The van der Waals surface area contributed by atoms with E-state index in [2.05, 4.69) is 10.6 Å². The number of unbranched alkanes of at least 4 members (excludes halogenated alkanes) is 1. The summed E-state index contributed by atoms with van der Waals surface area (Å²) in [4.78, 5) is 24.2. The molecule has 1 heterocycles. The molecule has 1 aliphatic heterocycles. The van der Waals surface area contributed by atoms with Crippen LogP contribution in [0.1, 0.15) is 23.2 Å². The van der Waals surface area contributed by atoms with Crippen molar-refractivity contribution in [3.8, 4) is 0 Å². The van der Waals surface area contributed by atoms with Crippen LogP contribution in [0.15, 0.2) is 23.1 Å². The molecule has 0 bridgehead atoms. The SMILES string of the molecule is NCCCCNC(=O)c1ccc2c(c1)NC(=O)CS2. The summed E-state index contributed by atoms with van der Waals surface area (Å²) in [5.41, 5.74) is 6.67. The zero-order valence-electron chi connectivity index (χ0n) is 10.6. The highest BCUT2D eigenvalue weighted by atomic mass is 32.2. The van der Waals surface area contributed by atoms with E-state index in [1.165, 1.54) is 11.8 Å². The molecule has 0 aromatic heterocycles. The lowest BCUT2D eigenvalue weighted by Gasteiger charge is -2.16. The summed E-state index contributed by atoms with van der Waals surface area (Å²) >= 11 is 1.48. The van der Waals surface area contributed by atoms with Crippen LogP contribution in [0.2, 0.25) is 0 Å². The van der Waals surface area contributed by atoms with E-state index in [0.29, 0.717) is 24.4 Å². The minimum Gasteiger partial charge on any atom is -0.352 e. The van der Waals surface area contributed by atoms with Crippen molar-refractivity contribution in [3.05, 3.63) is 23.8 Å². The summed E-state index contributed by atoms with van der Waals surface area (Å²) in [5.74, 6) is 0.278. The van der Waals surface area contributed by atoms with Crippen LogP contribution < -0.4 is 16.4 Å². The third-order valence-electron chi connectivity index (χ3n) is 2.79. The number of nitrogens with two attached hydrogens (primary N) is 1. The van der Waals surface area contributed by atoms with Gasteiger partial charge in [0.05, 0.1) is 11.4 Å². The van der Waals surface area contributed by atoms with E-state index in [9.17, 15) is 9.59 Å². The van der Waals surface area contributed by atoms with Gasteiger partial charge in [-0.3, -0.25) is 9.59 Å². The topological polar surface area (TPSA) is 84.2 Å². The van der Waals surface area contributed by atoms with Gasteiger partial charge in [-0.2, -0.15) is 0 Å². The van der Waals surface area contributed by atoms with Gasteiger partial charge in [0.1, 0.15) is 0 Å². The lowest BCUT2D eigenvalue weighted by atomic mass is 10.1. The fraction of sp³-hybridized carbons (Fsp3) is 0.385. The van der Waals surface area contributed by atoms with Crippen molar-refractivity contribution in [3.63, 3.8) is 0 Å². The van der Waals surface area contributed by atoms with Crippen LogP contribution >= 0.6 is 11.8 Å². The number of rotatable bonds is 5. The second-order valence-electron chi connectivity index (χ2n) is 4.30. The Labute approximate surface area is 116 Å². The Morgan fingerprint density at radius 1 is 1.42 bits per heavy atom. The minimum absolute atomic E-state index is 0.0296. The number of amides is 2. The van der Waals surface area contributed by atoms with Gasteiger partial charge in [0, 0.05) is 17.0 Å². The van der Waals surface area contributed by atoms with E-state index >= 15 is 0 Å². The van der Waals surface area contributed by atoms with Crippen LogP contribution in [-0.4, -0.2) is 30.7 Å². The van der Waals surface area contributed by atoms with Gasteiger partial charge >= 0.3 is 0 Å². The number of hydrogen-bond donors (Lipinski definition) is 3. The van der Waals surface area contributed by atoms with Gasteiger partial charge in [-0.05, 0) is 37.6 Å². The maximum Gasteiger partial charge on any atom is 0.251 e. The molecule has 4 N–H and O–H groups in total. The molecule has 2 rings (SSSR count). The summed E-state index contributed by atoms with van der Waals surface area (Å²) in [6.45, 7) is 1.26. The number of carbonyl (C=O) groups is 2. The molecule has 1 aliphatic rings. The molecule has 1 aromatic carbocycles. The van der Waals surface area contributed by atoms with Crippen LogP contribution in [0.25, 0.3) is 0 Å². The average Bonchev–Trinajstić information content (AvgIpc) is 2.42. The highest BCUT2D eigenvalue weighted by molar-refractivity contribution is 8.00. The maximum atomic E-state index is 11.9. The number of anilines is 1. The van der Waals surface area contributed by atoms with Crippen molar-refractivity contribution >= 4 is 29.3 Å². The Morgan fingerprint density at radius 3 is 3.05 bits per heavy atom. The highest BCUT2D eigenvalue weighted by Gasteiger charge is 2.17. The molecule has 0 saturated carbocycles. The van der Waals surface area contributed by atoms with Crippen molar-refractivity contribution in [2.24, 2.45) is 5.73 Å². The molecular formula is C13H17N3O2S. The molecule has 0 atom stereocenters. The quantitative estimate of drug-likeness (QED) is 0.707. The Balaban J connectivity index is 1.99. The van der Waals surface area contributed by atoms with Crippen LogP contribution in [-0.2, 0) is 4.79 Å². The Bertz CT molecular complexity index is 491. The Kier molecular flexibility index (Phi) is 4.81. The molecule has 0 fully saturated rings.